The van der Waals surface area contributed by atoms with Crippen LogP contribution in [0.1, 0.15) is 39.0 Å². The van der Waals surface area contributed by atoms with Gasteiger partial charge in [-0.05, 0) is 44.0 Å². The number of thiocarbonyl (C=S) groups is 1. The number of halogens is 1. The van der Waals surface area contributed by atoms with Gasteiger partial charge >= 0.3 is 0 Å². The molecular formula is C14H18FNS. The number of hydrogen-bond donors (Lipinski definition) is 0. The lowest BCUT2D eigenvalue weighted by Gasteiger charge is -2.35. The molecule has 1 aliphatic carbocycles. The van der Waals surface area contributed by atoms with Crippen molar-refractivity contribution < 1.29 is 4.39 Å². The standard InChI is InChI=1S/C14H18FNS/c1-11(17)16(13-5-3-2-4-6-13)14-9-7-12(15)8-10-14/h7-10,13H,2-6H2,1H3. The van der Waals surface area contributed by atoms with Crippen molar-refractivity contribution in [2.45, 2.75) is 45.1 Å². The molecule has 0 spiro atoms. The van der Waals surface area contributed by atoms with E-state index in [4.69, 9.17) is 12.2 Å². The molecule has 0 bridgehead atoms. The number of nitrogens with zero attached hydrogens (tertiary/aromatic N) is 1. The van der Waals surface area contributed by atoms with E-state index in [-0.39, 0.29) is 5.82 Å². The van der Waals surface area contributed by atoms with E-state index in [1.54, 1.807) is 0 Å². The van der Waals surface area contributed by atoms with Gasteiger partial charge in [0.05, 0.1) is 4.99 Å². The van der Waals surface area contributed by atoms with Crippen molar-refractivity contribution in [2.24, 2.45) is 0 Å². The van der Waals surface area contributed by atoms with Crippen LogP contribution in [0.3, 0.4) is 0 Å². The zero-order valence-corrected chi connectivity index (χ0v) is 11.0. The van der Waals surface area contributed by atoms with E-state index < -0.39 is 0 Å². The SMILES string of the molecule is CC(=S)N(c1ccc(F)cc1)C1CCCCC1. The molecule has 1 saturated carbocycles. The third-order valence-electron chi connectivity index (χ3n) is 3.38. The number of anilines is 1. The van der Waals surface area contributed by atoms with Gasteiger partial charge in [0, 0.05) is 11.7 Å². The Morgan fingerprint density at radius 1 is 1.18 bits per heavy atom. The van der Waals surface area contributed by atoms with Crippen LogP contribution in [-0.4, -0.2) is 11.0 Å². The second-order valence-electron chi connectivity index (χ2n) is 4.66. The molecule has 0 saturated heterocycles. The first-order valence-corrected chi connectivity index (χ1v) is 6.64. The van der Waals surface area contributed by atoms with Gasteiger partial charge in [-0.15, -0.1) is 0 Å². The molecule has 1 aromatic rings. The predicted octanol–water partition coefficient (Wildman–Crippen LogP) is 4.31. The summed E-state index contributed by atoms with van der Waals surface area (Å²) in [7, 11) is 0. The van der Waals surface area contributed by atoms with Gasteiger partial charge in [0.25, 0.3) is 0 Å². The highest BCUT2D eigenvalue weighted by atomic mass is 32.1. The van der Waals surface area contributed by atoms with Crippen molar-refractivity contribution >= 4 is 22.9 Å². The van der Waals surface area contributed by atoms with Crippen LogP contribution in [0.25, 0.3) is 0 Å². The molecule has 0 atom stereocenters. The topological polar surface area (TPSA) is 3.24 Å². The highest BCUT2D eigenvalue weighted by Crippen LogP contribution is 2.28. The molecule has 1 aliphatic rings. The van der Waals surface area contributed by atoms with E-state index in [2.05, 4.69) is 4.90 Å². The Kier molecular flexibility index (Phi) is 4.11. The van der Waals surface area contributed by atoms with Crippen molar-refractivity contribution in [3.8, 4) is 0 Å². The van der Waals surface area contributed by atoms with Crippen LogP contribution in [0.15, 0.2) is 24.3 Å². The molecular weight excluding hydrogens is 233 g/mol. The molecule has 0 heterocycles. The van der Waals surface area contributed by atoms with Crippen molar-refractivity contribution in [3.05, 3.63) is 30.1 Å². The first-order chi connectivity index (χ1) is 8.18. The molecule has 1 fully saturated rings. The molecule has 0 aromatic heterocycles. The minimum atomic E-state index is -0.195. The van der Waals surface area contributed by atoms with Gasteiger partial charge < -0.3 is 4.90 Å². The molecule has 1 aromatic carbocycles. The number of benzene rings is 1. The third-order valence-corrected chi connectivity index (χ3v) is 3.58. The average molecular weight is 251 g/mol. The maximum absolute atomic E-state index is 12.9. The largest absolute Gasteiger partial charge is 0.333 e. The lowest BCUT2D eigenvalue weighted by atomic mass is 9.94. The molecule has 17 heavy (non-hydrogen) atoms. The van der Waals surface area contributed by atoms with E-state index in [1.165, 1.54) is 44.2 Å². The van der Waals surface area contributed by atoms with Crippen molar-refractivity contribution in [2.75, 3.05) is 4.90 Å². The summed E-state index contributed by atoms with van der Waals surface area (Å²) in [6, 6.07) is 7.14. The fourth-order valence-corrected chi connectivity index (χ4v) is 2.85. The van der Waals surface area contributed by atoms with E-state index in [0.29, 0.717) is 6.04 Å². The van der Waals surface area contributed by atoms with E-state index in [9.17, 15) is 4.39 Å². The fraction of sp³-hybridized carbons (Fsp3) is 0.500. The molecule has 92 valence electrons. The lowest BCUT2D eigenvalue weighted by molar-refractivity contribution is 0.440. The number of hydrogen-bond acceptors (Lipinski definition) is 1. The Bertz CT molecular complexity index is 382. The average Bonchev–Trinajstić information content (AvgIpc) is 2.33. The molecule has 0 N–H and O–H groups in total. The van der Waals surface area contributed by atoms with Crippen LogP contribution in [0.5, 0.6) is 0 Å². The molecule has 1 nitrogen and oxygen atoms in total. The Morgan fingerprint density at radius 2 is 1.76 bits per heavy atom. The second-order valence-corrected chi connectivity index (χ2v) is 5.25. The van der Waals surface area contributed by atoms with Crippen LogP contribution < -0.4 is 4.90 Å². The minimum absolute atomic E-state index is 0.195. The van der Waals surface area contributed by atoms with E-state index in [0.717, 1.165) is 10.7 Å². The molecule has 0 aliphatic heterocycles. The van der Waals surface area contributed by atoms with Gasteiger partial charge in [0.1, 0.15) is 5.82 Å². The Hall–Kier alpha value is -0.960. The van der Waals surface area contributed by atoms with Crippen LogP contribution in [0.2, 0.25) is 0 Å². The smallest absolute Gasteiger partial charge is 0.123 e. The van der Waals surface area contributed by atoms with Crippen LogP contribution >= 0.6 is 12.2 Å². The summed E-state index contributed by atoms with van der Waals surface area (Å²) < 4.78 is 12.9. The van der Waals surface area contributed by atoms with Gasteiger partial charge in [0.2, 0.25) is 0 Å². The monoisotopic (exact) mass is 251 g/mol. The van der Waals surface area contributed by atoms with Gasteiger partial charge in [0.15, 0.2) is 0 Å². The maximum Gasteiger partial charge on any atom is 0.123 e. The van der Waals surface area contributed by atoms with Gasteiger partial charge in [-0.1, -0.05) is 31.5 Å². The molecule has 0 amide bonds. The summed E-state index contributed by atoms with van der Waals surface area (Å²) in [6.45, 7) is 1.95. The normalized spacial score (nSPS) is 16.8. The lowest BCUT2D eigenvalue weighted by Crippen LogP contribution is -2.39. The minimum Gasteiger partial charge on any atom is -0.333 e. The molecule has 0 unspecified atom stereocenters. The van der Waals surface area contributed by atoms with Gasteiger partial charge in [-0.3, -0.25) is 0 Å². The summed E-state index contributed by atoms with van der Waals surface area (Å²) in [5, 5.41) is 0. The summed E-state index contributed by atoms with van der Waals surface area (Å²) in [6.07, 6.45) is 6.23. The first-order valence-electron chi connectivity index (χ1n) is 6.24. The fourth-order valence-electron chi connectivity index (χ4n) is 2.59. The summed E-state index contributed by atoms with van der Waals surface area (Å²) in [5.74, 6) is -0.195. The quantitative estimate of drug-likeness (QED) is 0.720. The van der Waals surface area contributed by atoms with Crippen molar-refractivity contribution in [1.82, 2.24) is 0 Å². The molecule has 3 heteroatoms. The third kappa shape index (κ3) is 3.03. The van der Waals surface area contributed by atoms with E-state index >= 15 is 0 Å². The maximum atomic E-state index is 12.9. The molecule has 0 radical (unpaired) electrons. The first kappa shape index (κ1) is 12.5. The number of rotatable bonds is 2. The highest BCUT2D eigenvalue weighted by molar-refractivity contribution is 7.80. The molecule has 2 rings (SSSR count). The second kappa shape index (κ2) is 5.58. The highest BCUT2D eigenvalue weighted by Gasteiger charge is 2.22. The summed E-state index contributed by atoms with van der Waals surface area (Å²) in [4.78, 5) is 3.07. The summed E-state index contributed by atoms with van der Waals surface area (Å²) in [5.41, 5.74) is 1.02. The van der Waals surface area contributed by atoms with Crippen molar-refractivity contribution in [3.63, 3.8) is 0 Å². The van der Waals surface area contributed by atoms with Gasteiger partial charge in [-0.2, -0.15) is 0 Å². The summed E-state index contributed by atoms with van der Waals surface area (Å²) >= 11 is 5.34. The Morgan fingerprint density at radius 3 is 2.29 bits per heavy atom. The Balaban J connectivity index is 2.21. The van der Waals surface area contributed by atoms with E-state index in [1.807, 2.05) is 19.1 Å². The Labute approximate surface area is 108 Å². The van der Waals surface area contributed by atoms with Crippen LogP contribution in [0, 0.1) is 5.82 Å². The van der Waals surface area contributed by atoms with Crippen LogP contribution in [0.4, 0.5) is 10.1 Å². The van der Waals surface area contributed by atoms with Crippen molar-refractivity contribution in [1.29, 1.82) is 0 Å². The predicted molar refractivity (Wildman–Crippen MR) is 74.0 cm³/mol. The van der Waals surface area contributed by atoms with Crippen LogP contribution in [-0.2, 0) is 0 Å². The zero-order valence-electron chi connectivity index (χ0n) is 10.2. The van der Waals surface area contributed by atoms with Gasteiger partial charge in [-0.25, -0.2) is 4.39 Å². The zero-order chi connectivity index (χ0) is 12.3.